The number of non-ortho nitro benzene ring substituents is 1. The molecule has 0 aromatic heterocycles. The largest absolute Gasteiger partial charge is 0.386 e. The molecule has 116 valence electrons. The van der Waals surface area contributed by atoms with Crippen molar-refractivity contribution >= 4 is 34.8 Å². The number of carbonyl (C=O) groups excluding carboxylic acids is 1. The molecule has 1 amide bonds. The number of aliphatic hydroxyl groups is 1. The molecular formula is C11H10Cl2F2N2O4. The lowest BCUT2D eigenvalue weighted by atomic mass is 10.0. The zero-order valence-corrected chi connectivity index (χ0v) is 11.8. The normalized spacial score (nSPS) is 14.3. The van der Waals surface area contributed by atoms with Gasteiger partial charge in [-0.2, -0.15) is 4.39 Å². The van der Waals surface area contributed by atoms with E-state index in [1.54, 1.807) is 5.32 Å². The highest BCUT2D eigenvalue weighted by atomic mass is 35.5. The Morgan fingerprint density at radius 2 is 1.95 bits per heavy atom. The van der Waals surface area contributed by atoms with Crippen molar-refractivity contribution in [2.45, 2.75) is 16.7 Å². The van der Waals surface area contributed by atoms with Crippen LogP contribution in [0.1, 0.15) is 11.7 Å². The average molecular weight is 343 g/mol. The predicted molar refractivity (Wildman–Crippen MR) is 71.5 cm³/mol. The number of halogens is 4. The molecule has 2 unspecified atom stereocenters. The molecule has 0 bridgehead atoms. The zero-order valence-electron chi connectivity index (χ0n) is 10.3. The van der Waals surface area contributed by atoms with E-state index in [0.29, 0.717) is 0 Å². The predicted octanol–water partition coefficient (Wildman–Crippen LogP) is 2.18. The summed E-state index contributed by atoms with van der Waals surface area (Å²) in [5.41, 5.74) is -0.131. The standard InChI is InChI=1S/C11H10Cl2F2N2O4/c12-11(13,15)10(19)16-8(5-14)9(18)6-1-3-7(4-2-6)17(20)21/h1-4,8-9,18H,5H2,(H,16,19). The van der Waals surface area contributed by atoms with Gasteiger partial charge < -0.3 is 10.4 Å². The molecule has 0 saturated heterocycles. The molecule has 0 aliphatic heterocycles. The smallest absolute Gasteiger partial charge is 0.335 e. The molecule has 10 heteroatoms. The third-order valence-electron chi connectivity index (χ3n) is 2.57. The van der Waals surface area contributed by atoms with Gasteiger partial charge in [-0.15, -0.1) is 0 Å². The molecule has 0 radical (unpaired) electrons. The molecular weight excluding hydrogens is 333 g/mol. The number of rotatable bonds is 6. The molecule has 1 aromatic rings. The van der Waals surface area contributed by atoms with Crippen LogP contribution in [0.5, 0.6) is 0 Å². The molecule has 21 heavy (non-hydrogen) atoms. The minimum atomic E-state index is -3.26. The minimum Gasteiger partial charge on any atom is -0.386 e. The molecule has 0 spiro atoms. The Kier molecular flexibility index (Phi) is 5.82. The maximum Gasteiger partial charge on any atom is 0.335 e. The van der Waals surface area contributed by atoms with E-state index in [9.17, 15) is 28.8 Å². The van der Waals surface area contributed by atoms with Gasteiger partial charge in [-0.05, 0) is 17.7 Å². The van der Waals surface area contributed by atoms with Gasteiger partial charge in [0.15, 0.2) is 0 Å². The number of hydrogen-bond acceptors (Lipinski definition) is 4. The van der Waals surface area contributed by atoms with Crippen molar-refractivity contribution in [3.8, 4) is 0 Å². The molecule has 1 aromatic carbocycles. The molecule has 0 heterocycles. The first-order valence-electron chi connectivity index (χ1n) is 5.53. The number of nitrogens with one attached hydrogen (secondary N) is 1. The summed E-state index contributed by atoms with van der Waals surface area (Å²) in [5, 5.41) is 22.2. The number of amides is 1. The fourth-order valence-corrected chi connectivity index (χ4v) is 1.59. The highest BCUT2D eigenvalue weighted by molar-refractivity contribution is 6.56. The van der Waals surface area contributed by atoms with E-state index in [0.717, 1.165) is 12.1 Å². The first-order chi connectivity index (χ1) is 9.66. The van der Waals surface area contributed by atoms with E-state index in [2.05, 4.69) is 0 Å². The number of hydrogen-bond donors (Lipinski definition) is 2. The number of alkyl halides is 4. The van der Waals surface area contributed by atoms with Gasteiger partial charge in [0, 0.05) is 12.1 Å². The number of carbonyl (C=O) groups is 1. The summed E-state index contributed by atoms with van der Waals surface area (Å²) in [6, 6.07) is 3.05. The summed E-state index contributed by atoms with van der Waals surface area (Å²) < 4.78 is 22.5. The average Bonchev–Trinajstić information content (AvgIpc) is 2.42. The van der Waals surface area contributed by atoms with Gasteiger partial charge in [0.25, 0.3) is 11.6 Å². The number of nitro groups is 1. The van der Waals surface area contributed by atoms with Crippen LogP contribution < -0.4 is 5.32 Å². The van der Waals surface area contributed by atoms with E-state index in [1.165, 1.54) is 12.1 Å². The maximum absolute atomic E-state index is 12.9. The molecule has 0 aliphatic carbocycles. The summed E-state index contributed by atoms with van der Waals surface area (Å²) in [5.74, 6) is -1.52. The zero-order chi connectivity index (χ0) is 16.2. The number of aliphatic hydroxyl groups excluding tert-OH is 1. The minimum absolute atomic E-state index is 0.0946. The second kappa shape index (κ2) is 6.97. The third-order valence-corrected chi connectivity index (χ3v) is 2.91. The Balaban J connectivity index is 2.85. The molecule has 1 rings (SSSR count). The van der Waals surface area contributed by atoms with E-state index >= 15 is 0 Å². The molecule has 0 fully saturated rings. The van der Waals surface area contributed by atoms with Gasteiger partial charge in [0.05, 0.1) is 11.0 Å². The fourth-order valence-electron chi connectivity index (χ4n) is 1.48. The lowest BCUT2D eigenvalue weighted by Gasteiger charge is -2.23. The van der Waals surface area contributed by atoms with Crippen molar-refractivity contribution in [2.24, 2.45) is 0 Å². The summed E-state index contributed by atoms with van der Waals surface area (Å²) in [6.07, 6.45) is -1.56. The number of nitrogens with zero attached hydrogens (tertiary/aromatic N) is 1. The van der Waals surface area contributed by atoms with Gasteiger partial charge in [-0.1, -0.05) is 23.2 Å². The Hall–Kier alpha value is -1.51. The topological polar surface area (TPSA) is 92.5 Å². The number of benzene rings is 1. The monoisotopic (exact) mass is 342 g/mol. The second-order valence-electron chi connectivity index (χ2n) is 4.03. The van der Waals surface area contributed by atoms with Crippen molar-refractivity contribution < 1.29 is 23.6 Å². The van der Waals surface area contributed by atoms with Gasteiger partial charge in [-0.25, -0.2) is 4.39 Å². The molecule has 2 N–H and O–H groups in total. The van der Waals surface area contributed by atoms with Crippen LogP contribution in [0.25, 0.3) is 0 Å². The molecule has 0 aliphatic rings. The van der Waals surface area contributed by atoms with Crippen LogP contribution >= 0.6 is 23.2 Å². The maximum atomic E-state index is 12.9. The first-order valence-corrected chi connectivity index (χ1v) is 6.28. The molecule has 6 nitrogen and oxygen atoms in total. The van der Waals surface area contributed by atoms with Gasteiger partial charge >= 0.3 is 4.59 Å². The lowest BCUT2D eigenvalue weighted by molar-refractivity contribution is -0.384. The van der Waals surface area contributed by atoms with Crippen molar-refractivity contribution in [3.63, 3.8) is 0 Å². The SMILES string of the molecule is O=C(NC(CF)C(O)c1ccc([N+](=O)[O-])cc1)C(F)(Cl)Cl. The van der Waals surface area contributed by atoms with Crippen molar-refractivity contribution in [1.82, 2.24) is 5.32 Å². The van der Waals surface area contributed by atoms with Crippen LogP contribution in [-0.4, -0.2) is 33.2 Å². The van der Waals surface area contributed by atoms with E-state index in [4.69, 9.17) is 23.2 Å². The van der Waals surface area contributed by atoms with Crippen molar-refractivity contribution in [1.29, 1.82) is 0 Å². The summed E-state index contributed by atoms with van der Waals surface area (Å²) in [6.45, 7) is -1.23. The van der Waals surface area contributed by atoms with Crippen LogP contribution in [0.2, 0.25) is 0 Å². The van der Waals surface area contributed by atoms with Crippen LogP contribution in [0, 0.1) is 10.1 Å². The van der Waals surface area contributed by atoms with Gasteiger partial charge in [-0.3, -0.25) is 14.9 Å². The lowest BCUT2D eigenvalue weighted by Crippen LogP contribution is -2.46. The highest BCUT2D eigenvalue weighted by Gasteiger charge is 2.36. The first kappa shape index (κ1) is 17.5. The summed E-state index contributed by atoms with van der Waals surface area (Å²) >= 11 is 9.80. The van der Waals surface area contributed by atoms with Crippen molar-refractivity contribution in [2.75, 3.05) is 6.67 Å². The third kappa shape index (κ3) is 4.76. The second-order valence-corrected chi connectivity index (χ2v) is 5.26. The van der Waals surface area contributed by atoms with E-state index in [1.807, 2.05) is 0 Å². The molecule has 0 saturated carbocycles. The van der Waals surface area contributed by atoms with Crippen LogP contribution in [-0.2, 0) is 4.79 Å². The highest BCUT2D eigenvalue weighted by Crippen LogP contribution is 2.25. The van der Waals surface area contributed by atoms with Crippen LogP contribution in [0.15, 0.2) is 24.3 Å². The Morgan fingerprint density at radius 1 is 1.43 bits per heavy atom. The Morgan fingerprint density at radius 3 is 2.33 bits per heavy atom. The van der Waals surface area contributed by atoms with E-state index < -0.39 is 34.2 Å². The Bertz CT molecular complexity index is 522. The quantitative estimate of drug-likeness (QED) is 0.470. The fraction of sp³-hybridized carbons (Fsp3) is 0.364. The van der Waals surface area contributed by atoms with Gasteiger partial charge in [0.1, 0.15) is 12.8 Å². The molecule has 2 atom stereocenters. The van der Waals surface area contributed by atoms with Crippen molar-refractivity contribution in [3.05, 3.63) is 39.9 Å². The summed E-state index contributed by atoms with van der Waals surface area (Å²) in [4.78, 5) is 21.0. The van der Waals surface area contributed by atoms with Crippen LogP contribution in [0.4, 0.5) is 14.5 Å². The van der Waals surface area contributed by atoms with Crippen LogP contribution in [0.3, 0.4) is 0 Å². The number of nitro benzene ring substituents is 1. The van der Waals surface area contributed by atoms with E-state index in [-0.39, 0.29) is 11.3 Å². The Labute approximate surface area is 127 Å². The van der Waals surface area contributed by atoms with Gasteiger partial charge in [0.2, 0.25) is 0 Å². The summed E-state index contributed by atoms with van der Waals surface area (Å²) in [7, 11) is 0.